The van der Waals surface area contributed by atoms with Gasteiger partial charge in [-0.1, -0.05) is 24.3 Å². The van der Waals surface area contributed by atoms with Gasteiger partial charge in [0.05, 0.1) is 18.8 Å². The summed E-state index contributed by atoms with van der Waals surface area (Å²) in [6, 6.07) is 14.2. The van der Waals surface area contributed by atoms with E-state index in [1.807, 2.05) is 31.2 Å². The lowest BCUT2D eigenvalue weighted by Gasteiger charge is -2.19. The van der Waals surface area contributed by atoms with Crippen molar-refractivity contribution in [2.75, 3.05) is 31.7 Å². The molecule has 2 aromatic carbocycles. The zero-order valence-corrected chi connectivity index (χ0v) is 15.7. The van der Waals surface area contributed by atoms with E-state index >= 15 is 0 Å². The highest BCUT2D eigenvalue weighted by Gasteiger charge is 2.09. The Kier molecular flexibility index (Phi) is 7.61. The number of para-hydroxylation sites is 2. The van der Waals surface area contributed by atoms with Crippen molar-refractivity contribution in [1.29, 1.82) is 0 Å². The minimum absolute atomic E-state index is 0.0389. The standard InChI is InChI=1S/C21H29NO3/c1-5-23-12-13-24-20-9-7-6-8-19(20)22-15-18(4)25-21-14-16(2)10-11-17(21)3/h6-11,14,18,22H,5,12-13,15H2,1-4H3. The van der Waals surface area contributed by atoms with Gasteiger partial charge >= 0.3 is 0 Å². The van der Waals surface area contributed by atoms with Gasteiger partial charge in [0.25, 0.3) is 0 Å². The fourth-order valence-electron chi connectivity index (χ4n) is 2.44. The molecule has 0 saturated heterocycles. The molecule has 0 aliphatic heterocycles. The first kappa shape index (κ1) is 19.1. The minimum atomic E-state index is 0.0389. The second-order valence-corrected chi connectivity index (χ2v) is 6.12. The van der Waals surface area contributed by atoms with Crippen LogP contribution < -0.4 is 14.8 Å². The van der Waals surface area contributed by atoms with Crippen LogP contribution in [0.4, 0.5) is 5.69 Å². The van der Waals surface area contributed by atoms with Gasteiger partial charge in [-0.3, -0.25) is 0 Å². The number of ether oxygens (including phenoxy) is 3. The van der Waals surface area contributed by atoms with E-state index in [1.54, 1.807) is 0 Å². The van der Waals surface area contributed by atoms with E-state index in [4.69, 9.17) is 14.2 Å². The van der Waals surface area contributed by atoms with Crippen molar-refractivity contribution in [1.82, 2.24) is 0 Å². The van der Waals surface area contributed by atoms with Gasteiger partial charge in [0.15, 0.2) is 0 Å². The van der Waals surface area contributed by atoms with Crippen molar-refractivity contribution < 1.29 is 14.2 Å². The fourth-order valence-corrected chi connectivity index (χ4v) is 2.44. The first-order valence-electron chi connectivity index (χ1n) is 8.87. The summed E-state index contributed by atoms with van der Waals surface area (Å²) in [7, 11) is 0. The highest BCUT2D eigenvalue weighted by Crippen LogP contribution is 2.24. The Morgan fingerprint density at radius 2 is 1.80 bits per heavy atom. The van der Waals surface area contributed by atoms with Crippen molar-refractivity contribution in [3.8, 4) is 11.5 Å². The van der Waals surface area contributed by atoms with E-state index in [2.05, 4.69) is 44.3 Å². The molecule has 0 aromatic heterocycles. The predicted molar refractivity (Wildman–Crippen MR) is 103 cm³/mol. The maximum Gasteiger partial charge on any atom is 0.142 e. The molecule has 0 aliphatic carbocycles. The lowest BCUT2D eigenvalue weighted by Crippen LogP contribution is -2.23. The molecule has 0 fully saturated rings. The molecule has 25 heavy (non-hydrogen) atoms. The zero-order valence-electron chi connectivity index (χ0n) is 15.7. The molecule has 136 valence electrons. The summed E-state index contributed by atoms with van der Waals surface area (Å²) in [5, 5.41) is 3.42. The van der Waals surface area contributed by atoms with Crippen molar-refractivity contribution >= 4 is 5.69 Å². The van der Waals surface area contributed by atoms with E-state index in [-0.39, 0.29) is 6.10 Å². The Labute approximate surface area is 151 Å². The maximum atomic E-state index is 6.08. The smallest absolute Gasteiger partial charge is 0.142 e. The molecule has 0 amide bonds. The Morgan fingerprint density at radius 3 is 2.60 bits per heavy atom. The van der Waals surface area contributed by atoms with Crippen LogP contribution in [0.25, 0.3) is 0 Å². The number of hydrogen-bond acceptors (Lipinski definition) is 4. The predicted octanol–water partition coefficient (Wildman–Crippen LogP) is 4.60. The number of hydrogen-bond donors (Lipinski definition) is 1. The van der Waals surface area contributed by atoms with Crippen LogP contribution in [0.5, 0.6) is 11.5 Å². The molecule has 4 heteroatoms. The van der Waals surface area contributed by atoms with E-state index in [0.717, 1.165) is 22.7 Å². The molecule has 1 unspecified atom stereocenters. The molecule has 0 radical (unpaired) electrons. The van der Waals surface area contributed by atoms with Gasteiger partial charge in [-0.25, -0.2) is 0 Å². The van der Waals surface area contributed by atoms with Crippen LogP contribution in [0.2, 0.25) is 0 Å². The molecule has 4 nitrogen and oxygen atoms in total. The third-order valence-corrected chi connectivity index (χ3v) is 3.83. The lowest BCUT2D eigenvalue weighted by atomic mass is 10.1. The topological polar surface area (TPSA) is 39.7 Å². The number of rotatable bonds is 10. The molecule has 0 spiro atoms. The SMILES string of the molecule is CCOCCOc1ccccc1NCC(C)Oc1cc(C)ccc1C. The molecule has 0 aliphatic rings. The Morgan fingerprint density at radius 1 is 1.00 bits per heavy atom. The third kappa shape index (κ3) is 6.31. The van der Waals surface area contributed by atoms with Gasteiger partial charge in [-0.2, -0.15) is 0 Å². The Balaban J connectivity index is 1.88. The van der Waals surface area contributed by atoms with E-state index < -0.39 is 0 Å². The average molecular weight is 343 g/mol. The Hall–Kier alpha value is -2.20. The largest absolute Gasteiger partial charge is 0.489 e. The average Bonchev–Trinajstić information content (AvgIpc) is 2.61. The van der Waals surface area contributed by atoms with Gasteiger partial charge in [0.1, 0.15) is 24.2 Å². The number of nitrogens with one attached hydrogen (secondary N) is 1. The summed E-state index contributed by atoms with van der Waals surface area (Å²) in [5.41, 5.74) is 3.32. The van der Waals surface area contributed by atoms with Gasteiger partial charge in [-0.15, -0.1) is 0 Å². The Bertz CT molecular complexity index is 657. The highest BCUT2D eigenvalue weighted by atomic mass is 16.5. The number of anilines is 1. The van der Waals surface area contributed by atoms with Crippen LogP contribution in [0.1, 0.15) is 25.0 Å². The third-order valence-electron chi connectivity index (χ3n) is 3.83. The molecular formula is C21H29NO3. The monoisotopic (exact) mass is 343 g/mol. The maximum absolute atomic E-state index is 6.08. The summed E-state index contributed by atoms with van der Waals surface area (Å²) >= 11 is 0. The summed E-state index contributed by atoms with van der Waals surface area (Å²) < 4.78 is 17.2. The summed E-state index contributed by atoms with van der Waals surface area (Å²) in [6.45, 7) is 10.7. The van der Waals surface area contributed by atoms with Gasteiger partial charge in [0, 0.05) is 6.61 Å². The van der Waals surface area contributed by atoms with Crippen molar-refractivity contribution in [3.05, 3.63) is 53.6 Å². The van der Waals surface area contributed by atoms with Crippen LogP contribution in [-0.2, 0) is 4.74 Å². The molecule has 2 aromatic rings. The quantitative estimate of drug-likeness (QED) is 0.640. The summed E-state index contributed by atoms with van der Waals surface area (Å²) in [5.74, 6) is 1.77. The molecule has 0 saturated carbocycles. The highest BCUT2D eigenvalue weighted by molar-refractivity contribution is 5.56. The van der Waals surface area contributed by atoms with Gasteiger partial charge in [-0.05, 0) is 57.0 Å². The van der Waals surface area contributed by atoms with Crippen LogP contribution in [-0.4, -0.2) is 32.5 Å². The van der Waals surface area contributed by atoms with Crippen LogP contribution in [0.15, 0.2) is 42.5 Å². The lowest BCUT2D eigenvalue weighted by molar-refractivity contribution is 0.110. The second-order valence-electron chi connectivity index (χ2n) is 6.12. The molecule has 1 atom stereocenters. The van der Waals surface area contributed by atoms with Crippen molar-refractivity contribution in [2.45, 2.75) is 33.8 Å². The van der Waals surface area contributed by atoms with Gasteiger partial charge in [0.2, 0.25) is 0 Å². The second kappa shape index (κ2) is 9.94. The van der Waals surface area contributed by atoms with Crippen molar-refractivity contribution in [3.63, 3.8) is 0 Å². The minimum Gasteiger partial charge on any atom is -0.489 e. The normalized spacial score (nSPS) is 11.8. The number of aryl methyl sites for hydroxylation is 2. The van der Waals surface area contributed by atoms with Crippen molar-refractivity contribution in [2.24, 2.45) is 0 Å². The molecular weight excluding hydrogens is 314 g/mol. The van der Waals surface area contributed by atoms with Crippen LogP contribution in [0.3, 0.4) is 0 Å². The van der Waals surface area contributed by atoms with Crippen LogP contribution >= 0.6 is 0 Å². The fraction of sp³-hybridized carbons (Fsp3) is 0.429. The van der Waals surface area contributed by atoms with E-state index in [1.165, 1.54) is 5.56 Å². The molecule has 0 heterocycles. The van der Waals surface area contributed by atoms with E-state index in [0.29, 0.717) is 26.4 Å². The number of benzene rings is 2. The first-order valence-corrected chi connectivity index (χ1v) is 8.87. The summed E-state index contributed by atoms with van der Waals surface area (Å²) in [6.07, 6.45) is 0.0389. The first-order chi connectivity index (χ1) is 12.1. The van der Waals surface area contributed by atoms with Crippen LogP contribution in [0, 0.1) is 13.8 Å². The van der Waals surface area contributed by atoms with E-state index in [9.17, 15) is 0 Å². The molecule has 1 N–H and O–H groups in total. The summed E-state index contributed by atoms with van der Waals surface area (Å²) in [4.78, 5) is 0. The zero-order chi connectivity index (χ0) is 18.1. The molecule has 0 bridgehead atoms. The van der Waals surface area contributed by atoms with Gasteiger partial charge < -0.3 is 19.5 Å². The molecule has 2 rings (SSSR count).